The molecule has 54 heavy (non-hydrogen) atoms. The number of aliphatic imine (C=N–C) groups is 1. The van der Waals surface area contributed by atoms with Gasteiger partial charge in [-0.15, -0.1) is 0 Å². The van der Waals surface area contributed by atoms with Crippen LogP contribution in [-0.2, 0) is 45.6 Å². The van der Waals surface area contributed by atoms with Crippen molar-refractivity contribution in [1.82, 2.24) is 14.8 Å². The molecule has 0 radical (unpaired) electrons. The average molecular weight is 720 g/mol. The van der Waals surface area contributed by atoms with Crippen LogP contribution in [0.5, 0.6) is 17.2 Å². The molecule has 0 fully saturated rings. The van der Waals surface area contributed by atoms with Gasteiger partial charge in [0.1, 0.15) is 19.0 Å². The largest absolute Gasteiger partial charge is 0.493 e. The maximum atomic E-state index is 13.8. The molecule has 0 bridgehead atoms. The summed E-state index contributed by atoms with van der Waals surface area (Å²) in [6.45, 7) is 3.54. The van der Waals surface area contributed by atoms with Crippen LogP contribution in [-0.4, -0.2) is 52.0 Å². The van der Waals surface area contributed by atoms with E-state index in [0.717, 1.165) is 53.0 Å². The summed E-state index contributed by atoms with van der Waals surface area (Å²) < 4.78 is 18.3. The number of carbonyl (C=O) groups is 2. The van der Waals surface area contributed by atoms with Crippen molar-refractivity contribution in [3.8, 4) is 17.2 Å². The van der Waals surface area contributed by atoms with E-state index in [0.29, 0.717) is 53.6 Å². The number of nitrogens with two attached hydrogens (primary N) is 1. The van der Waals surface area contributed by atoms with E-state index in [1.165, 1.54) is 16.7 Å². The fraction of sp³-hybridized carbons (Fsp3) is 0.273. The molecule has 272 valence electrons. The van der Waals surface area contributed by atoms with E-state index in [1.807, 2.05) is 72.6 Å². The third kappa shape index (κ3) is 6.21. The lowest BCUT2D eigenvalue weighted by Gasteiger charge is -2.36. The number of aromatic nitrogens is 1. The van der Waals surface area contributed by atoms with Gasteiger partial charge in [0.2, 0.25) is 0 Å². The van der Waals surface area contributed by atoms with Gasteiger partial charge in [-0.3, -0.25) is 19.6 Å². The number of anilines is 1. The summed E-state index contributed by atoms with van der Waals surface area (Å²) in [6, 6.07) is 27.6. The lowest BCUT2D eigenvalue weighted by atomic mass is 9.92. The smallest absolute Gasteiger partial charge is 0.257 e. The van der Waals surface area contributed by atoms with E-state index in [1.54, 1.807) is 19.2 Å². The van der Waals surface area contributed by atoms with E-state index in [-0.39, 0.29) is 37.1 Å². The summed E-state index contributed by atoms with van der Waals surface area (Å²) in [5, 5.41) is 0. The van der Waals surface area contributed by atoms with Crippen LogP contribution in [0.3, 0.4) is 0 Å². The number of hydrogen-bond donors (Lipinski definition) is 1. The van der Waals surface area contributed by atoms with Crippen LogP contribution in [0.2, 0.25) is 0 Å². The predicted octanol–water partition coefficient (Wildman–Crippen LogP) is 6.94. The van der Waals surface area contributed by atoms with E-state index >= 15 is 0 Å². The van der Waals surface area contributed by atoms with Crippen LogP contribution in [0.25, 0.3) is 0 Å². The molecule has 4 aliphatic heterocycles. The van der Waals surface area contributed by atoms with Crippen molar-refractivity contribution in [2.75, 3.05) is 12.8 Å². The molecular weight excluding hydrogens is 679 g/mol. The van der Waals surface area contributed by atoms with Crippen LogP contribution >= 0.6 is 0 Å². The van der Waals surface area contributed by atoms with E-state index in [9.17, 15) is 9.59 Å². The van der Waals surface area contributed by atoms with Crippen molar-refractivity contribution in [1.29, 1.82) is 0 Å². The van der Waals surface area contributed by atoms with E-state index in [4.69, 9.17) is 29.9 Å². The Morgan fingerprint density at radius 3 is 2.28 bits per heavy atom. The van der Waals surface area contributed by atoms with Crippen molar-refractivity contribution in [2.45, 2.75) is 71.0 Å². The van der Waals surface area contributed by atoms with E-state index < -0.39 is 0 Å². The fourth-order valence-corrected chi connectivity index (χ4v) is 8.25. The number of fused-ring (bicyclic) bond motifs is 6. The molecule has 5 aromatic rings. The Balaban J connectivity index is 0.878. The molecule has 4 aliphatic rings. The molecule has 0 spiro atoms. The van der Waals surface area contributed by atoms with Gasteiger partial charge in [-0.2, -0.15) is 0 Å². The Bertz CT molecular complexity index is 2350. The van der Waals surface area contributed by atoms with Gasteiger partial charge < -0.3 is 29.7 Å². The van der Waals surface area contributed by atoms with Gasteiger partial charge in [-0.05, 0) is 108 Å². The molecule has 1 aromatic heterocycles. The monoisotopic (exact) mass is 719 g/mol. The van der Waals surface area contributed by atoms with Gasteiger partial charge in [0, 0.05) is 42.7 Å². The van der Waals surface area contributed by atoms with Crippen molar-refractivity contribution >= 4 is 29.4 Å². The number of benzene rings is 4. The molecule has 2 amide bonds. The second-order valence-corrected chi connectivity index (χ2v) is 14.6. The highest BCUT2D eigenvalue weighted by atomic mass is 16.5. The first kappa shape index (κ1) is 33.7. The Labute approximate surface area is 314 Å². The normalized spacial score (nSPS) is 18.3. The van der Waals surface area contributed by atoms with Crippen LogP contribution in [0, 0.1) is 6.92 Å². The number of hydrogen-bond acceptors (Lipinski definition) is 8. The number of nitrogen functional groups attached to an aromatic ring is 1. The number of amides is 2. The van der Waals surface area contributed by atoms with Crippen LogP contribution in [0.4, 0.5) is 11.4 Å². The highest BCUT2D eigenvalue weighted by molar-refractivity contribution is 6.03. The number of pyridine rings is 1. The van der Waals surface area contributed by atoms with Gasteiger partial charge in [-0.1, -0.05) is 36.4 Å². The van der Waals surface area contributed by atoms with Gasteiger partial charge in [-0.25, -0.2) is 0 Å². The lowest BCUT2D eigenvalue weighted by Crippen LogP contribution is -2.44. The fourth-order valence-electron chi connectivity index (χ4n) is 8.25. The minimum atomic E-state index is -0.164. The zero-order valence-corrected chi connectivity index (χ0v) is 30.4. The summed E-state index contributed by atoms with van der Waals surface area (Å²) in [5.74, 6) is 1.65. The number of methoxy groups -OCH3 is 1. The molecular formula is C44H41N5O5. The molecule has 4 aromatic carbocycles. The molecule has 2 atom stereocenters. The highest BCUT2D eigenvalue weighted by Crippen LogP contribution is 2.39. The number of rotatable bonds is 7. The second-order valence-electron chi connectivity index (χ2n) is 14.6. The molecule has 10 heteroatoms. The van der Waals surface area contributed by atoms with Gasteiger partial charge >= 0.3 is 0 Å². The Morgan fingerprint density at radius 1 is 0.722 bits per heavy atom. The Morgan fingerprint density at radius 2 is 1.46 bits per heavy atom. The van der Waals surface area contributed by atoms with Gasteiger partial charge in [0.15, 0.2) is 11.5 Å². The number of ether oxygens (including phenoxy) is 3. The molecule has 10 nitrogen and oxygen atoms in total. The average Bonchev–Trinajstić information content (AvgIpc) is 3.40. The van der Waals surface area contributed by atoms with E-state index in [2.05, 4.69) is 23.1 Å². The highest BCUT2D eigenvalue weighted by Gasteiger charge is 2.35. The summed E-state index contributed by atoms with van der Waals surface area (Å²) in [6.07, 6.45) is 5.14. The lowest BCUT2D eigenvalue weighted by molar-refractivity contribution is 0.0641. The summed E-state index contributed by atoms with van der Waals surface area (Å²) in [7, 11) is 1.56. The van der Waals surface area contributed by atoms with Crippen molar-refractivity contribution in [3.63, 3.8) is 0 Å². The minimum absolute atomic E-state index is 0.100. The standard InChI is InChI=1S/C44H41N5O5/c1-26-14-37-29(11-13-35-16-27-6-3-4-7-30(27)22-48(35)43(37)50)18-40(26)53-24-33-8-5-9-34(47-33)25-54-42-20-39-38(19-41(42)52-2)44(51)49-23-31-15-32(45)12-10-28(31)17-36(49)21-46-39/h3-10,12,14-15,18-21,35-36H,11,13,16-17,22-25,45H2,1-2H3/t35-,36+/m1/s1. The maximum Gasteiger partial charge on any atom is 0.257 e. The second kappa shape index (κ2) is 13.7. The topological polar surface area (TPSA) is 120 Å². The molecule has 5 heterocycles. The Kier molecular flexibility index (Phi) is 8.52. The number of carbonyl (C=O) groups excluding carboxylic acids is 2. The quantitative estimate of drug-likeness (QED) is 0.181. The number of aryl methyl sites for hydroxylation is 2. The summed E-state index contributed by atoms with van der Waals surface area (Å²) in [4.78, 5) is 41.1. The number of nitrogens with zero attached hydrogens (tertiary/aromatic N) is 4. The van der Waals surface area contributed by atoms with Crippen molar-refractivity contribution < 1.29 is 23.8 Å². The first-order valence-corrected chi connectivity index (χ1v) is 18.5. The van der Waals surface area contributed by atoms with Gasteiger partial charge in [0.05, 0.1) is 35.8 Å². The van der Waals surface area contributed by atoms with Gasteiger partial charge in [0.25, 0.3) is 11.8 Å². The molecule has 2 N–H and O–H groups in total. The van der Waals surface area contributed by atoms with Crippen LogP contribution in [0.1, 0.15) is 71.9 Å². The predicted molar refractivity (Wildman–Crippen MR) is 206 cm³/mol. The minimum Gasteiger partial charge on any atom is -0.493 e. The zero-order valence-electron chi connectivity index (χ0n) is 30.4. The third-order valence-corrected chi connectivity index (χ3v) is 11.2. The van der Waals surface area contributed by atoms with Crippen LogP contribution < -0.4 is 19.9 Å². The first-order chi connectivity index (χ1) is 26.3. The third-order valence-electron chi connectivity index (χ3n) is 11.2. The maximum absolute atomic E-state index is 13.8. The molecule has 0 saturated heterocycles. The molecule has 0 saturated carbocycles. The van der Waals surface area contributed by atoms with Crippen LogP contribution in [0.15, 0.2) is 89.9 Å². The molecule has 0 unspecified atom stereocenters. The zero-order chi connectivity index (χ0) is 36.9. The van der Waals surface area contributed by atoms with Crippen molar-refractivity contribution in [2.24, 2.45) is 4.99 Å². The Hall–Kier alpha value is -6.16. The molecule has 9 rings (SSSR count). The first-order valence-electron chi connectivity index (χ1n) is 18.5. The SMILES string of the molecule is COc1cc2c(cc1OCc1cccc(COc3cc4c(cc3C)C(=O)N3Cc5ccccc5C[C@H]3CC4)n1)N=C[C@@H]1Cc3ccc(N)cc3CN1C2=O. The summed E-state index contributed by atoms with van der Waals surface area (Å²) >= 11 is 0. The van der Waals surface area contributed by atoms with Crippen molar-refractivity contribution in [3.05, 3.63) is 141 Å². The summed E-state index contributed by atoms with van der Waals surface area (Å²) in [5.41, 5.74) is 16.7. The molecule has 0 aliphatic carbocycles.